The van der Waals surface area contributed by atoms with E-state index in [4.69, 9.17) is 16.4 Å². The first-order valence-electron chi connectivity index (χ1n) is 9.60. The van der Waals surface area contributed by atoms with E-state index in [0.717, 1.165) is 17.3 Å². The Labute approximate surface area is 179 Å². The van der Waals surface area contributed by atoms with Gasteiger partial charge in [0.1, 0.15) is 11.6 Å². The Kier molecular flexibility index (Phi) is 6.61. The van der Waals surface area contributed by atoms with Crippen molar-refractivity contribution in [2.75, 3.05) is 6.54 Å². The largest absolute Gasteiger partial charge is 0.390 e. The smallest absolute Gasteiger partial charge is 0.318 e. The van der Waals surface area contributed by atoms with Gasteiger partial charge >= 0.3 is 6.03 Å². The SMILES string of the molecule is CC(C)(C)NC(=O)N(Cc1ccc(F)cc1F)CC1CC(c2ccc(Cl)cc2)=NO1. The first-order chi connectivity index (χ1) is 14.1. The predicted molar refractivity (Wildman–Crippen MR) is 113 cm³/mol. The highest BCUT2D eigenvalue weighted by molar-refractivity contribution is 6.30. The summed E-state index contributed by atoms with van der Waals surface area (Å²) in [6.45, 7) is 5.74. The molecule has 8 heteroatoms. The molecule has 0 saturated heterocycles. The van der Waals surface area contributed by atoms with Gasteiger partial charge in [0.2, 0.25) is 0 Å². The molecule has 0 saturated carbocycles. The van der Waals surface area contributed by atoms with E-state index in [9.17, 15) is 13.6 Å². The fourth-order valence-electron chi connectivity index (χ4n) is 3.06. The van der Waals surface area contributed by atoms with Crippen molar-refractivity contribution in [1.82, 2.24) is 10.2 Å². The second-order valence-corrected chi connectivity index (χ2v) is 8.71. The van der Waals surface area contributed by atoms with Gasteiger partial charge in [-0.3, -0.25) is 0 Å². The molecule has 160 valence electrons. The van der Waals surface area contributed by atoms with E-state index < -0.39 is 17.2 Å². The van der Waals surface area contributed by atoms with Gasteiger partial charge in [-0.25, -0.2) is 13.6 Å². The van der Waals surface area contributed by atoms with Crippen LogP contribution in [0.25, 0.3) is 0 Å². The molecule has 1 N–H and O–H groups in total. The Morgan fingerprint density at radius 1 is 1.23 bits per heavy atom. The van der Waals surface area contributed by atoms with Crippen molar-refractivity contribution in [3.05, 3.63) is 70.2 Å². The summed E-state index contributed by atoms with van der Waals surface area (Å²) in [5.41, 5.74) is 1.38. The van der Waals surface area contributed by atoms with Crippen LogP contribution in [0.1, 0.15) is 38.3 Å². The summed E-state index contributed by atoms with van der Waals surface area (Å²) < 4.78 is 27.4. The van der Waals surface area contributed by atoms with Crippen molar-refractivity contribution in [2.45, 2.75) is 45.4 Å². The van der Waals surface area contributed by atoms with Crippen molar-refractivity contribution in [2.24, 2.45) is 5.16 Å². The number of carbonyl (C=O) groups excluding carboxylic acids is 1. The zero-order valence-electron chi connectivity index (χ0n) is 17.1. The number of benzene rings is 2. The third-order valence-corrected chi connectivity index (χ3v) is 4.73. The number of nitrogens with one attached hydrogen (secondary N) is 1. The topological polar surface area (TPSA) is 53.9 Å². The summed E-state index contributed by atoms with van der Waals surface area (Å²) in [5.74, 6) is -1.36. The molecule has 0 radical (unpaired) electrons. The predicted octanol–water partition coefficient (Wildman–Crippen LogP) is 5.12. The molecule has 0 bridgehead atoms. The van der Waals surface area contributed by atoms with E-state index in [2.05, 4.69) is 10.5 Å². The number of rotatable bonds is 5. The monoisotopic (exact) mass is 435 g/mol. The van der Waals surface area contributed by atoms with Crippen molar-refractivity contribution in [3.8, 4) is 0 Å². The van der Waals surface area contributed by atoms with Crippen LogP contribution < -0.4 is 5.32 Å². The van der Waals surface area contributed by atoms with E-state index >= 15 is 0 Å². The third kappa shape index (κ3) is 5.92. The lowest BCUT2D eigenvalue weighted by Crippen LogP contribution is -2.50. The number of amides is 2. The minimum Gasteiger partial charge on any atom is -0.390 e. The number of hydrogen-bond donors (Lipinski definition) is 1. The summed E-state index contributed by atoms with van der Waals surface area (Å²) >= 11 is 5.93. The zero-order valence-corrected chi connectivity index (χ0v) is 17.8. The second kappa shape index (κ2) is 9.00. The molecule has 1 aliphatic rings. The first-order valence-corrected chi connectivity index (χ1v) is 9.98. The van der Waals surface area contributed by atoms with Crippen LogP contribution in [0.4, 0.5) is 13.6 Å². The summed E-state index contributed by atoms with van der Waals surface area (Å²) in [4.78, 5) is 19.8. The van der Waals surface area contributed by atoms with Crippen LogP contribution in [-0.2, 0) is 11.4 Å². The molecule has 0 aromatic heterocycles. The van der Waals surface area contributed by atoms with Gasteiger partial charge in [-0.2, -0.15) is 0 Å². The standard InChI is InChI=1S/C22H24ClF2N3O2/c1-22(2,3)26-21(29)28(12-15-6-9-17(24)10-19(15)25)13-18-11-20(27-30-18)14-4-7-16(23)8-5-14/h4-10,18H,11-13H2,1-3H3,(H,26,29). The quantitative estimate of drug-likeness (QED) is 0.708. The van der Waals surface area contributed by atoms with Gasteiger partial charge in [0.15, 0.2) is 6.10 Å². The van der Waals surface area contributed by atoms with Crippen molar-refractivity contribution in [3.63, 3.8) is 0 Å². The van der Waals surface area contributed by atoms with Gasteiger partial charge in [-0.15, -0.1) is 0 Å². The maximum atomic E-state index is 14.2. The lowest BCUT2D eigenvalue weighted by Gasteiger charge is -2.29. The van der Waals surface area contributed by atoms with E-state index in [1.54, 1.807) is 12.1 Å². The summed E-state index contributed by atoms with van der Waals surface area (Å²) in [7, 11) is 0. The maximum absolute atomic E-state index is 14.2. The van der Waals surface area contributed by atoms with Crippen LogP contribution in [-0.4, -0.2) is 34.8 Å². The van der Waals surface area contributed by atoms with E-state index in [-0.39, 0.29) is 30.8 Å². The van der Waals surface area contributed by atoms with Gasteiger partial charge in [-0.05, 0) is 44.5 Å². The molecule has 1 unspecified atom stereocenters. The van der Waals surface area contributed by atoms with Crippen LogP contribution in [0.3, 0.4) is 0 Å². The molecule has 2 aromatic carbocycles. The third-order valence-electron chi connectivity index (χ3n) is 4.48. The van der Waals surface area contributed by atoms with Crippen LogP contribution in [0.2, 0.25) is 5.02 Å². The molecule has 1 atom stereocenters. The fraction of sp³-hybridized carbons (Fsp3) is 0.364. The van der Waals surface area contributed by atoms with Crippen LogP contribution in [0.5, 0.6) is 0 Å². The molecule has 3 rings (SSSR count). The molecule has 1 heterocycles. The van der Waals surface area contributed by atoms with Crippen molar-refractivity contribution >= 4 is 23.3 Å². The Balaban J connectivity index is 1.72. The highest BCUT2D eigenvalue weighted by atomic mass is 35.5. The molecule has 2 amide bonds. The Morgan fingerprint density at radius 2 is 1.93 bits per heavy atom. The lowest BCUT2D eigenvalue weighted by atomic mass is 10.0. The Hall–Kier alpha value is -2.67. The summed E-state index contributed by atoms with van der Waals surface area (Å²) in [6, 6.07) is 10.2. The summed E-state index contributed by atoms with van der Waals surface area (Å²) in [5, 5.41) is 7.63. The molecule has 0 aliphatic carbocycles. The number of nitrogens with zero attached hydrogens (tertiary/aromatic N) is 2. The average molecular weight is 436 g/mol. The molecule has 0 spiro atoms. The highest BCUT2D eigenvalue weighted by Crippen LogP contribution is 2.21. The molecule has 30 heavy (non-hydrogen) atoms. The maximum Gasteiger partial charge on any atom is 0.318 e. The van der Waals surface area contributed by atoms with Gasteiger partial charge in [-0.1, -0.05) is 35.0 Å². The number of urea groups is 1. The number of carbonyl (C=O) groups is 1. The lowest BCUT2D eigenvalue weighted by molar-refractivity contribution is 0.0578. The van der Waals surface area contributed by atoms with Crippen LogP contribution in [0, 0.1) is 11.6 Å². The first kappa shape index (κ1) is 22.0. The number of halogens is 3. The highest BCUT2D eigenvalue weighted by Gasteiger charge is 2.29. The van der Waals surface area contributed by atoms with Gasteiger partial charge < -0.3 is 15.1 Å². The van der Waals surface area contributed by atoms with Gasteiger partial charge in [0.05, 0.1) is 18.8 Å². The zero-order chi connectivity index (χ0) is 21.9. The minimum atomic E-state index is -0.700. The molecule has 1 aliphatic heterocycles. The molecule has 5 nitrogen and oxygen atoms in total. The van der Waals surface area contributed by atoms with E-state index in [1.165, 1.54) is 17.0 Å². The molecular formula is C22H24ClF2N3O2. The molecule has 2 aromatic rings. The summed E-state index contributed by atoms with van der Waals surface area (Å²) in [6.07, 6.45) is 0.109. The van der Waals surface area contributed by atoms with Gasteiger partial charge in [0.25, 0.3) is 0 Å². The normalized spacial score (nSPS) is 16.1. The van der Waals surface area contributed by atoms with Crippen molar-refractivity contribution in [1.29, 1.82) is 0 Å². The minimum absolute atomic E-state index is 0.0236. The van der Waals surface area contributed by atoms with Crippen LogP contribution >= 0.6 is 11.6 Å². The fourth-order valence-corrected chi connectivity index (χ4v) is 3.19. The van der Waals surface area contributed by atoms with E-state index in [1.807, 2.05) is 32.9 Å². The average Bonchev–Trinajstić information content (AvgIpc) is 3.11. The Bertz CT molecular complexity index is 942. The van der Waals surface area contributed by atoms with Crippen molar-refractivity contribution < 1.29 is 18.4 Å². The second-order valence-electron chi connectivity index (χ2n) is 8.27. The Morgan fingerprint density at radius 3 is 2.57 bits per heavy atom. The van der Waals surface area contributed by atoms with Crippen LogP contribution in [0.15, 0.2) is 47.6 Å². The molecular weight excluding hydrogens is 412 g/mol. The number of hydrogen-bond acceptors (Lipinski definition) is 3. The molecule has 0 fully saturated rings. The van der Waals surface area contributed by atoms with Gasteiger partial charge in [0, 0.05) is 28.6 Å². The number of oxime groups is 1. The van der Waals surface area contributed by atoms with E-state index in [0.29, 0.717) is 11.4 Å².